The van der Waals surface area contributed by atoms with Crippen molar-refractivity contribution in [2.24, 2.45) is 17.8 Å². The number of esters is 7. The average molecular weight is 1100 g/mol. The third kappa shape index (κ3) is 23.6. The quantitative estimate of drug-likeness (QED) is 0.107. The third-order valence-corrected chi connectivity index (χ3v) is 14.7. The maximum Gasteiger partial charge on any atom is 0.335 e. The molecule has 6 heterocycles. The summed E-state index contributed by atoms with van der Waals surface area (Å²) in [4.78, 5) is 77.5. The molecule has 8 rings (SSSR count). The largest absolute Gasteiger partial charge is 0.458 e. The summed E-state index contributed by atoms with van der Waals surface area (Å²) in [5, 5.41) is 0. The fraction of sp³-hybridized carbons (Fsp3) is 0.635. The second-order valence-corrected chi connectivity index (χ2v) is 21.4. The van der Waals surface area contributed by atoms with Crippen LogP contribution in [-0.4, -0.2) is 153 Å². The number of rotatable bonds is 12. The maximum absolute atomic E-state index is 11.5. The van der Waals surface area contributed by atoms with Gasteiger partial charge in [0.05, 0.1) is 44.7 Å². The Morgan fingerprint density at radius 1 is 0.554 bits per heavy atom. The molecule has 8 fully saturated rings. The second kappa shape index (κ2) is 34.3. The van der Waals surface area contributed by atoms with E-state index in [0.29, 0.717) is 73.4 Å². The van der Waals surface area contributed by atoms with Crippen LogP contribution in [0.5, 0.6) is 0 Å². The number of carbonyl (C=O) groups is 7. The Morgan fingerprint density at radius 3 is 1.58 bits per heavy atom. The molecule has 74 heavy (non-hydrogen) atoms. The van der Waals surface area contributed by atoms with Crippen molar-refractivity contribution in [3.63, 3.8) is 0 Å². The minimum absolute atomic E-state index is 0.0351. The van der Waals surface area contributed by atoms with Crippen molar-refractivity contribution in [3.8, 4) is 0 Å². The lowest BCUT2D eigenvalue weighted by molar-refractivity contribution is -0.210. The van der Waals surface area contributed by atoms with Crippen molar-refractivity contribution in [3.05, 3.63) is 73.4 Å². The molecule has 0 amide bonds. The van der Waals surface area contributed by atoms with Gasteiger partial charge in [-0.15, -0.1) is 11.8 Å². The van der Waals surface area contributed by atoms with E-state index in [2.05, 4.69) is 39.5 Å². The molecule has 19 nitrogen and oxygen atoms in total. The van der Waals surface area contributed by atoms with Gasteiger partial charge in [0.15, 0.2) is 5.44 Å². The summed E-state index contributed by atoms with van der Waals surface area (Å²) in [5.41, 5.74) is 2.10. The van der Waals surface area contributed by atoms with Gasteiger partial charge in [-0.25, -0.2) is 28.8 Å². The molecule has 2 bridgehead atoms. The minimum atomic E-state index is -0.567. The standard InChI is InChI=1S/C12H14O4.C9H14O3.C8H12O4.C8H12O3S.C8H12O2S2.C7H10O3/c1-5(2)11(13)15-9-6-3-7-8(4-6)12(14)16-10(7)9;1-7(2)9(10)12-8-5-3-4-6-11-8;1-6(2)8(9)12-7-5-10-3-4-11-7;1-6(2)8(9)11-7-5-12-4-3-10-7;1-6(2)8(9)10-7-5-11-3-4-12-7;1-2-6(8)10-7-4-3-5-9-7/h6-10H,1,3-4H2,2H3;8H,1,3-6H2,2H3;3*7H,1,3-5H2,2H3;2,7H,1,3-5H2. The van der Waals surface area contributed by atoms with Crippen LogP contribution < -0.4 is 0 Å². The summed E-state index contributed by atoms with van der Waals surface area (Å²) in [6.45, 7) is 32.3. The molecule has 22 heteroatoms. The van der Waals surface area contributed by atoms with Gasteiger partial charge in [0, 0.05) is 81.6 Å². The highest BCUT2D eigenvalue weighted by atomic mass is 32.2. The molecule has 0 radical (unpaired) electrons. The molecular formula is C52H74O19S3. The molecule has 8 aliphatic rings. The first-order valence-corrected chi connectivity index (χ1v) is 27.7. The van der Waals surface area contributed by atoms with Gasteiger partial charge in [-0.3, -0.25) is 4.79 Å². The lowest BCUT2D eigenvalue weighted by Crippen LogP contribution is -2.36. The molecule has 0 spiro atoms. The Morgan fingerprint density at radius 2 is 1.08 bits per heavy atom. The smallest absolute Gasteiger partial charge is 0.335 e. The highest BCUT2D eigenvalue weighted by molar-refractivity contribution is 8.06. The lowest BCUT2D eigenvalue weighted by atomic mass is 9.88. The Labute approximate surface area is 447 Å². The Balaban J connectivity index is 0.000000236. The third-order valence-electron chi connectivity index (χ3n) is 11.1. The first-order valence-electron chi connectivity index (χ1n) is 24.4. The van der Waals surface area contributed by atoms with Gasteiger partial charge in [-0.1, -0.05) is 39.5 Å². The number of ether oxygens (including phenoxy) is 12. The van der Waals surface area contributed by atoms with E-state index < -0.39 is 18.2 Å². The normalized spacial score (nSPS) is 27.7. The van der Waals surface area contributed by atoms with Gasteiger partial charge < -0.3 is 56.8 Å². The molecule has 2 saturated carbocycles. The summed E-state index contributed by atoms with van der Waals surface area (Å²) in [5.74, 6) is 3.14. The van der Waals surface area contributed by atoms with Crippen LogP contribution >= 0.6 is 35.3 Å². The highest BCUT2D eigenvalue weighted by Crippen LogP contribution is 2.55. The predicted octanol–water partition coefficient (Wildman–Crippen LogP) is 7.13. The van der Waals surface area contributed by atoms with E-state index in [9.17, 15) is 33.6 Å². The lowest BCUT2D eigenvalue weighted by Gasteiger charge is -2.25. The van der Waals surface area contributed by atoms with Crippen LogP contribution in [-0.2, 0) is 90.4 Å². The molecule has 0 aromatic heterocycles. The Kier molecular flexibility index (Phi) is 29.6. The molecule has 6 aliphatic heterocycles. The number of thioether (sulfide) groups is 3. The van der Waals surface area contributed by atoms with E-state index in [4.69, 9.17) is 56.8 Å². The van der Waals surface area contributed by atoms with Crippen LogP contribution in [0.2, 0.25) is 0 Å². The minimum Gasteiger partial charge on any atom is -0.458 e. The van der Waals surface area contributed by atoms with E-state index in [-0.39, 0.29) is 78.2 Å². The van der Waals surface area contributed by atoms with E-state index in [1.54, 1.807) is 58.1 Å². The summed E-state index contributed by atoms with van der Waals surface area (Å²) in [7, 11) is 0. The molecule has 6 saturated heterocycles. The average Bonchev–Trinajstić information content (AvgIpc) is 4.18. The molecule has 414 valence electrons. The number of hydrogen-bond acceptors (Lipinski definition) is 22. The van der Waals surface area contributed by atoms with Crippen LogP contribution in [0.3, 0.4) is 0 Å². The number of hydrogen-bond donors (Lipinski definition) is 0. The SMILES string of the molecule is C=C(C)C(=O)OC1C2CC3C(=O)OC1C3C2.C=C(C)C(=O)OC1CCCCO1.C=C(C)C(=O)OC1COCCO1.C=C(C)C(=O)OC1CSCCO1.C=C(C)C(=O)OC1CSCCS1.C=CC(=O)OC1CCCO1. The van der Waals surface area contributed by atoms with Crippen molar-refractivity contribution in [2.75, 3.05) is 68.4 Å². The fourth-order valence-electron chi connectivity index (χ4n) is 7.39. The number of carbonyl (C=O) groups excluding carboxylic acids is 7. The van der Waals surface area contributed by atoms with Crippen molar-refractivity contribution >= 4 is 77.1 Å². The van der Waals surface area contributed by atoms with Crippen molar-refractivity contribution in [1.29, 1.82) is 0 Å². The van der Waals surface area contributed by atoms with Gasteiger partial charge in [0.1, 0.15) is 18.8 Å². The Hall–Kier alpha value is -4.42. The highest BCUT2D eigenvalue weighted by Gasteiger charge is 2.63. The molecule has 10 atom stereocenters. The summed E-state index contributed by atoms with van der Waals surface area (Å²) in [6.07, 6.45) is 5.55. The monoisotopic (exact) mass is 1100 g/mol. The van der Waals surface area contributed by atoms with Crippen LogP contribution in [0.15, 0.2) is 73.4 Å². The topological polar surface area (TPSA) is 230 Å². The van der Waals surface area contributed by atoms with Gasteiger partial charge in [0.2, 0.25) is 25.2 Å². The zero-order valence-electron chi connectivity index (χ0n) is 43.3. The first-order chi connectivity index (χ1) is 35.2. The van der Waals surface area contributed by atoms with Gasteiger partial charge in [-0.2, -0.15) is 23.5 Å². The zero-order chi connectivity index (χ0) is 54.7. The number of fused-ring (bicyclic) bond motifs is 1. The van der Waals surface area contributed by atoms with Crippen LogP contribution in [0.1, 0.15) is 79.6 Å². The first kappa shape index (κ1) is 63.9. The van der Waals surface area contributed by atoms with Crippen molar-refractivity contribution in [2.45, 2.75) is 122 Å². The summed E-state index contributed by atoms with van der Waals surface area (Å²) >= 11 is 5.26. The van der Waals surface area contributed by atoms with Gasteiger partial charge in [0.25, 0.3) is 0 Å². The van der Waals surface area contributed by atoms with Crippen LogP contribution in [0.25, 0.3) is 0 Å². The van der Waals surface area contributed by atoms with Crippen molar-refractivity contribution in [1.82, 2.24) is 0 Å². The second-order valence-electron chi connectivity index (χ2n) is 17.8. The molecule has 0 N–H and O–H groups in total. The predicted molar refractivity (Wildman–Crippen MR) is 278 cm³/mol. The maximum atomic E-state index is 11.5. The molecule has 0 aromatic carbocycles. The van der Waals surface area contributed by atoms with E-state index in [1.165, 1.54) is 0 Å². The molecule has 0 aromatic rings. The summed E-state index contributed by atoms with van der Waals surface area (Å²) < 4.78 is 61.0. The van der Waals surface area contributed by atoms with E-state index >= 15 is 0 Å². The van der Waals surface area contributed by atoms with Gasteiger partial charge >= 0.3 is 41.8 Å². The van der Waals surface area contributed by atoms with E-state index in [0.717, 1.165) is 79.8 Å². The zero-order valence-corrected chi connectivity index (χ0v) is 45.8. The van der Waals surface area contributed by atoms with Crippen LogP contribution in [0, 0.1) is 17.8 Å². The fourth-order valence-corrected chi connectivity index (χ4v) is 10.5. The summed E-state index contributed by atoms with van der Waals surface area (Å²) in [6, 6.07) is 0. The molecule has 2 aliphatic carbocycles. The van der Waals surface area contributed by atoms with E-state index in [1.807, 2.05) is 11.8 Å². The molecule has 10 unspecified atom stereocenters. The van der Waals surface area contributed by atoms with Crippen LogP contribution in [0.4, 0.5) is 0 Å². The van der Waals surface area contributed by atoms with Gasteiger partial charge in [-0.05, 0) is 66.7 Å². The Bertz CT molecular complexity index is 1790. The van der Waals surface area contributed by atoms with Crippen molar-refractivity contribution < 1.29 is 90.4 Å². The molecular weight excluding hydrogens is 1020 g/mol.